The maximum atomic E-state index is 10.2. The van der Waals surface area contributed by atoms with Gasteiger partial charge in [-0.15, -0.1) is 0 Å². The van der Waals surface area contributed by atoms with Crippen molar-refractivity contribution in [1.29, 1.82) is 0 Å². The molecule has 0 aliphatic rings. The Labute approximate surface area is 85.4 Å². The Kier molecular flexibility index (Phi) is 3.87. The molecule has 14 heavy (non-hydrogen) atoms. The Morgan fingerprint density at radius 2 is 2.50 bits per heavy atom. The summed E-state index contributed by atoms with van der Waals surface area (Å²) in [7, 11) is 0. The van der Waals surface area contributed by atoms with Crippen LogP contribution in [0.25, 0.3) is 0 Å². The van der Waals surface area contributed by atoms with Crippen LogP contribution < -0.4 is 5.43 Å². The van der Waals surface area contributed by atoms with E-state index < -0.39 is 11.1 Å². The van der Waals surface area contributed by atoms with Crippen molar-refractivity contribution in [2.24, 2.45) is 5.10 Å². The minimum atomic E-state index is -1.26. The van der Waals surface area contributed by atoms with Gasteiger partial charge in [0.2, 0.25) is 5.17 Å². The zero-order valence-electron chi connectivity index (χ0n) is 7.14. The Morgan fingerprint density at radius 1 is 1.71 bits per heavy atom. The van der Waals surface area contributed by atoms with Crippen molar-refractivity contribution in [3.63, 3.8) is 0 Å². The van der Waals surface area contributed by atoms with Crippen molar-refractivity contribution < 1.29 is 9.90 Å². The summed E-state index contributed by atoms with van der Waals surface area (Å²) in [5.41, 5.74) is 3.41. The van der Waals surface area contributed by atoms with Crippen molar-refractivity contribution in [2.45, 2.75) is 6.54 Å². The van der Waals surface area contributed by atoms with Crippen LogP contribution in [0.2, 0.25) is 0 Å². The first-order chi connectivity index (χ1) is 6.70. The largest absolute Gasteiger partial charge is 0.476 e. The quantitative estimate of drug-likeness (QED) is 0.573. The van der Waals surface area contributed by atoms with Gasteiger partial charge >= 0.3 is 5.97 Å². The lowest BCUT2D eigenvalue weighted by Crippen LogP contribution is -2.13. The van der Waals surface area contributed by atoms with Crippen molar-refractivity contribution in [2.75, 3.05) is 0 Å². The number of hydrazone groups is 1. The number of hydrogen-bond donors (Lipinski definition) is 2. The highest BCUT2D eigenvalue weighted by molar-refractivity contribution is 6.81. The van der Waals surface area contributed by atoms with E-state index in [2.05, 4.69) is 15.5 Å². The standard InChI is InChI=1S/C8H8ClN3O2/c9-7(8(13)14)12-11-5-6-2-1-3-10-4-6/h1-4,11H,5H2,(H,13,14). The highest BCUT2D eigenvalue weighted by Crippen LogP contribution is 1.94. The molecule has 1 rings (SSSR count). The molecule has 1 aromatic rings. The lowest BCUT2D eigenvalue weighted by atomic mass is 10.3. The smallest absolute Gasteiger partial charge is 0.368 e. The van der Waals surface area contributed by atoms with Gasteiger partial charge in [-0.25, -0.2) is 4.79 Å². The molecule has 0 fully saturated rings. The van der Waals surface area contributed by atoms with Crippen molar-refractivity contribution >= 4 is 22.7 Å². The predicted molar refractivity (Wildman–Crippen MR) is 52.0 cm³/mol. The summed E-state index contributed by atoms with van der Waals surface area (Å²) in [4.78, 5) is 14.1. The van der Waals surface area contributed by atoms with Crippen LogP contribution in [0.5, 0.6) is 0 Å². The third kappa shape index (κ3) is 3.40. The molecule has 1 heterocycles. The fraction of sp³-hybridized carbons (Fsp3) is 0.125. The van der Waals surface area contributed by atoms with Gasteiger partial charge in [-0.05, 0) is 11.6 Å². The number of nitrogens with zero attached hydrogens (tertiary/aromatic N) is 2. The van der Waals surface area contributed by atoms with Crippen molar-refractivity contribution in [3.8, 4) is 0 Å². The summed E-state index contributed by atoms with van der Waals surface area (Å²) in [5.74, 6) is -1.26. The molecule has 0 unspecified atom stereocenters. The van der Waals surface area contributed by atoms with E-state index >= 15 is 0 Å². The summed E-state index contributed by atoms with van der Waals surface area (Å²) in [6.07, 6.45) is 3.30. The molecule has 0 spiro atoms. The van der Waals surface area contributed by atoms with Crippen molar-refractivity contribution in [1.82, 2.24) is 10.4 Å². The minimum Gasteiger partial charge on any atom is -0.476 e. The first kappa shape index (κ1) is 10.5. The molecule has 0 atom stereocenters. The third-order valence-corrected chi connectivity index (χ3v) is 1.61. The maximum Gasteiger partial charge on any atom is 0.368 e. The summed E-state index contributed by atoms with van der Waals surface area (Å²) < 4.78 is 0. The van der Waals surface area contributed by atoms with E-state index in [1.807, 2.05) is 6.07 Å². The number of rotatable bonds is 4. The summed E-state index contributed by atoms with van der Waals surface area (Å²) >= 11 is 5.25. The normalized spacial score (nSPS) is 11.1. The fourth-order valence-electron chi connectivity index (χ4n) is 0.751. The molecule has 0 saturated heterocycles. The van der Waals surface area contributed by atoms with Gasteiger partial charge in [-0.2, -0.15) is 5.10 Å². The highest BCUT2D eigenvalue weighted by atomic mass is 35.5. The zero-order chi connectivity index (χ0) is 10.4. The molecule has 5 nitrogen and oxygen atoms in total. The van der Waals surface area contributed by atoms with Crippen LogP contribution in [0.15, 0.2) is 29.6 Å². The molecule has 74 valence electrons. The zero-order valence-corrected chi connectivity index (χ0v) is 7.90. The number of halogens is 1. The van der Waals surface area contributed by atoms with Crippen LogP contribution in [0, 0.1) is 0 Å². The van der Waals surface area contributed by atoms with Crippen LogP contribution in [-0.2, 0) is 11.3 Å². The average molecular weight is 214 g/mol. The van der Waals surface area contributed by atoms with Crippen LogP contribution >= 0.6 is 11.6 Å². The Morgan fingerprint density at radius 3 is 3.07 bits per heavy atom. The first-order valence-corrected chi connectivity index (χ1v) is 4.16. The molecule has 0 aliphatic heterocycles. The maximum absolute atomic E-state index is 10.2. The van der Waals surface area contributed by atoms with E-state index in [9.17, 15) is 4.79 Å². The fourth-order valence-corrected chi connectivity index (χ4v) is 0.811. The number of carboxylic acid groups (broad SMARTS) is 1. The van der Waals surface area contributed by atoms with Gasteiger partial charge in [-0.3, -0.25) is 4.98 Å². The lowest BCUT2D eigenvalue weighted by molar-refractivity contribution is -0.129. The van der Waals surface area contributed by atoms with Gasteiger partial charge in [0.25, 0.3) is 0 Å². The van der Waals surface area contributed by atoms with E-state index in [4.69, 9.17) is 16.7 Å². The molecule has 0 amide bonds. The molecule has 0 saturated carbocycles. The van der Waals surface area contributed by atoms with E-state index in [-0.39, 0.29) is 0 Å². The molecule has 0 aromatic carbocycles. The third-order valence-electron chi connectivity index (χ3n) is 1.36. The van der Waals surface area contributed by atoms with Gasteiger partial charge in [0.05, 0.1) is 6.54 Å². The second-order valence-corrected chi connectivity index (χ2v) is 2.76. The Bertz CT molecular complexity index is 340. The highest BCUT2D eigenvalue weighted by Gasteiger charge is 2.03. The van der Waals surface area contributed by atoms with Crippen molar-refractivity contribution in [3.05, 3.63) is 30.1 Å². The van der Waals surface area contributed by atoms with Gasteiger partial charge < -0.3 is 10.5 Å². The molecule has 2 N–H and O–H groups in total. The first-order valence-electron chi connectivity index (χ1n) is 3.78. The number of carbonyl (C=O) groups is 1. The lowest BCUT2D eigenvalue weighted by Gasteiger charge is -1.99. The molecule has 0 aliphatic carbocycles. The molecule has 0 bridgehead atoms. The number of aromatic nitrogens is 1. The number of hydrogen-bond acceptors (Lipinski definition) is 4. The second-order valence-electron chi connectivity index (χ2n) is 2.40. The van der Waals surface area contributed by atoms with Gasteiger partial charge in [-0.1, -0.05) is 17.7 Å². The molecular formula is C8H8ClN3O2. The number of carboxylic acids is 1. The number of pyridine rings is 1. The summed E-state index contributed by atoms with van der Waals surface area (Å²) in [6, 6.07) is 3.61. The van der Waals surface area contributed by atoms with E-state index in [0.29, 0.717) is 6.54 Å². The van der Waals surface area contributed by atoms with E-state index in [0.717, 1.165) is 5.56 Å². The average Bonchev–Trinajstić information content (AvgIpc) is 2.19. The minimum absolute atomic E-state index is 0.386. The summed E-state index contributed by atoms with van der Waals surface area (Å²) in [6.45, 7) is 0.386. The van der Waals surface area contributed by atoms with Crippen LogP contribution in [0.3, 0.4) is 0 Å². The van der Waals surface area contributed by atoms with Gasteiger partial charge in [0.15, 0.2) is 0 Å². The van der Waals surface area contributed by atoms with Crippen LogP contribution in [0.4, 0.5) is 0 Å². The molecule has 1 aromatic heterocycles. The van der Waals surface area contributed by atoms with Crippen LogP contribution in [0.1, 0.15) is 5.56 Å². The molecule has 0 radical (unpaired) electrons. The van der Waals surface area contributed by atoms with E-state index in [1.165, 1.54) is 0 Å². The summed E-state index contributed by atoms with van der Waals surface area (Å²) in [5, 5.41) is 11.3. The molecular weight excluding hydrogens is 206 g/mol. The number of nitrogens with one attached hydrogen (secondary N) is 1. The molecule has 6 heteroatoms. The van der Waals surface area contributed by atoms with Crippen LogP contribution in [-0.4, -0.2) is 21.2 Å². The Balaban J connectivity index is 2.43. The number of aliphatic carboxylic acids is 1. The SMILES string of the molecule is O=C(O)C(Cl)=NNCc1cccnc1. The topological polar surface area (TPSA) is 74.6 Å². The monoisotopic (exact) mass is 213 g/mol. The van der Waals surface area contributed by atoms with Gasteiger partial charge in [0.1, 0.15) is 0 Å². The Hall–Kier alpha value is -1.62. The second kappa shape index (κ2) is 5.18. The van der Waals surface area contributed by atoms with E-state index in [1.54, 1.807) is 18.5 Å². The van der Waals surface area contributed by atoms with Gasteiger partial charge in [0, 0.05) is 12.4 Å². The predicted octanol–water partition coefficient (Wildman–Crippen LogP) is 0.808.